The lowest BCUT2D eigenvalue weighted by Crippen LogP contribution is -2.23. The summed E-state index contributed by atoms with van der Waals surface area (Å²) in [6.45, 7) is 0.741. The molecule has 1 heterocycles. The third-order valence-electron chi connectivity index (χ3n) is 3.82. The van der Waals surface area contributed by atoms with E-state index in [0.29, 0.717) is 12.1 Å². The van der Waals surface area contributed by atoms with Crippen LogP contribution in [0.2, 0.25) is 0 Å². The van der Waals surface area contributed by atoms with Gasteiger partial charge in [-0.05, 0) is 54.5 Å². The zero-order valence-corrected chi connectivity index (χ0v) is 13.0. The molecule has 1 fully saturated rings. The summed E-state index contributed by atoms with van der Waals surface area (Å²) in [5.41, 5.74) is 2.24. The molecular weight excluding hydrogens is 307 g/mol. The summed E-state index contributed by atoms with van der Waals surface area (Å²) in [7, 11) is 0. The van der Waals surface area contributed by atoms with Crippen LogP contribution in [0.5, 0.6) is 0 Å². The van der Waals surface area contributed by atoms with Gasteiger partial charge in [0.2, 0.25) is 11.8 Å². The molecule has 1 N–H and O–H groups in total. The maximum absolute atomic E-state index is 12.8. The van der Waals surface area contributed by atoms with E-state index >= 15 is 0 Å². The first kappa shape index (κ1) is 15.9. The van der Waals surface area contributed by atoms with Crippen LogP contribution in [0.15, 0.2) is 54.6 Å². The van der Waals surface area contributed by atoms with Crippen molar-refractivity contribution in [2.45, 2.75) is 12.8 Å². The fourth-order valence-electron chi connectivity index (χ4n) is 2.58. The van der Waals surface area contributed by atoms with Crippen molar-refractivity contribution < 1.29 is 14.0 Å². The molecule has 3 rings (SSSR count). The van der Waals surface area contributed by atoms with Gasteiger partial charge in [-0.3, -0.25) is 9.59 Å². The van der Waals surface area contributed by atoms with E-state index < -0.39 is 0 Å². The molecule has 4 nitrogen and oxygen atoms in total. The van der Waals surface area contributed by atoms with Gasteiger partial charge in [0.1, 0.15) is 5.82 Å². The molecule has 122 valence electrons. The first-order chi connectivity index (χ1) is 11.6. The molecule has 24 heavy (non-hydrogen) atoms. The maximum atomic E-state index is 12.8. The van der Waals surface area contributed by atoms with E-state index in [1.807, 2.05) is 12.1 Å². The van der Waals surface area contributed by atoms with E-state index in [-0.39, 0.29) is 17.6 Å². The van der Waals surface area contributed by atoms with Crippen LogP contribution in [0.3, 0.4) is 0 Å². The minimum absolute atomic E-state index is 0.133. The lowest BCUT2D eigenvalue weighted by molar-refractivity contribution is -0.117. The largest absolute Gasteiger partial charge is 0.323 e. The van der Waals surface area contributed by atoms with Crippen molar-refractivity contribution in [2.24, 2.45) is 0 Å². The number of rotatable bonds is 4. The molecule has 5 heteroatoms. The van der Waals surface area contributed by atoms with Gasteiger partial charge in [-0.1, -0.05) is 12.1 Å². The number of nitrogens with zero attached hydrogens (tertiary/aromatic N) is 1. The monoisotopic (exact) mass is 324 g/mol. The van der Waals surface area contributed by atoms with Crippen molar-refractivity contribution in [3.63, 3.8) is 0 Å². The summed E-state index contributed by atoms with van der Waals surface area (Å²) in [6.07, 6.45) is 4.48. The van der Waals surface area contributed by atoms with Crippen molar-refractivity contribution in [3.05, 3.63) is 66.0 Å². The number of nitrogens with one attached hydrogen (secondary N) is 1. The summed E-state index contributed by atoms with van der Waals surface area (Å²) in [5.74, 6) is -0.452. The lowest BCUT2D eigenvalue weighted by Gasteiger charge is -2.15. The van der Waals surface area contributed by atoms with Gasteiger partial charge in [-0.15, -0.1) is 0 Å². The average molecular weight is 324 g/mol. The first-order valence-corrected chi connectivity index (χ1v) is 7.77. The van der Waals surface area contributed by atoms with Crippen LogP contribution in [-0.4, -0.2) is 18.4 Å². The van der Waals surface area contributed by atoms with E-state index in [2.05, 4.69) is 5.32 Å². The van der Waals surface area contributed by atoms with Crippen molar-refractivity contribution in [3.8, 4) is 0 Å². The predicted molar refractivity (Wildman–Crippen MR) is 92.1 cm³/mol. The maximum Gasteiger partial charge on any atom is 0.248 e. The Kier molecular flexibility index (Phi) is 4.70. The van der Waals surface area contributed by atoms with E-state index in [9.17, 15) is 14.0 Å². The number of carbonyl (C=O) groups is 2. The highest BCUT2D eigenvalue weighted by Crippen LogP contribution is 2.23. The lowest BCUT2D eigenvalue weighted by atomic mass is 10.2. The fourth-order valence-corrected chi connectivity index (χ4v) is 2.58. The number of benzene rings is 2. The standard InChI is InChI=1S/C19H17FN2O2/c20-15-6-3-14(4-7-15)5-12-18(23)21-16-8-10-17(11-9-16)22-13-1-2-19(22)24/h3-12H,1-2,13H2,(H,21,23)/b12-5+. The zero-order valence-electron chi connectivity index (χ0n) is 13.0. The minimum Gasteiger partial charge on any atom is -0.323 e. The molecule has 0 radical (unpaired) electrons. The Labute approximate surface area is 139 Å². The van der Waals surface area contributed by atoms with E-state index in [1.165, 1.54) is 18.2 Å². The number of halogens is 1. The summed E-state index contributed by atoms with van der Waals surface area (Å²) in [6, 6.07) is 13.1. The van der Waals surface area contributed by atoms with Crippen LogP contribution in [0.25, 0.3) is 6.08 Å². The summed E-state index contributed by atoms with van der Waals surface area (Å²) in [5, 5.41) is 2.75. The smallest absolute Gasteiger partial charge is 0.248 e. The van der Waals surface area contributed by atoms with Gasteiger partial charge < -0.3 is 10.2 Å². The highest BCUT2D eigenvalue weighted by Gasteiger charge is 2.21. The quantitative estimate of drug-likeness (QED) is 0.874. The minimum atomic E-state index is -0.312. The Balaban J connectivity index is 1.60. The van der Waals surface area contributed by atoms with E-state index in [1.54, 1.807) is 35.2 Å². The van der Waals surface area contributed by atoms with Gasteiger partial charge >= 0.3 is 0 Å². The van der Waals surface area contributed by atoms with Gasteiger partial charge in [0, 0.05) is 30.4 Å². The Morgan fingerprint density at radius 1 is 1.08 bits per heavy atom. The molecule has 2 amide bonds. The molecule has 0 spiro atoms. The summed E-state index contributed by atoms with van der Waals surface area (Å²) >= 11 is 0. The fraction of sp³-hybridized carbons (Fsp3) is 0.158. The molecule has 2 aromatic rings. The molecule has 0 bridgehead atoms. The van der Waals surface area contributed by atoms with Crippen LogP contribution in [0, 0.1) is 5.82 Å². The summed E-state index contributed by atoms with van der Waals surface area (Å²) in [4.78, 5) is 25.4. The first-order valence-electron chi connectivity index (χ1n) is 7.77. The number of amides is 2. The summed E-state index contributed by atoms with van der Waals surface area (Å²) < 4.78 is 12.8. The predicted octanol–water partition coefficient (Wildman–Crippen LogP) is 3.60. The topological polar surface area (TPSA) is 49.4 Å². The number of anilines is 2. The van der Waals surface area contributed by atoms with Crippen LogP contribution >= 0.6 is 0 Å². The van der Waals surface area contributed by atoms with Crippen LogP contribution < -0.4 is 10.2 Å². The number of hydrogen-bond acceptors (Lipinski definition) is 2. The van der Waals surface area contributed by atoms with Crippen LogP contribution in [0.1, 0.15) is 18.4 Å². The molecule has 0 unspecified atom stereocenters. The SMILES string of the molecule is O=C(/C=C/c1ccc(F)cc1)Nc1ccc(N2CCCC2=O)cc1. The highest BCUT2D eigenvalue weighted by atomic mass is 19.1. The molecule has 0 saturated carbocycles. The van der Waals surface area contributed by atoms with Gasteiger partial charge in [0.25, 0.3) is 0 Å². The number of hydrogen-bond donors (Lipinski definition) is 1. The third kappa shape index (κ3) is 3.87. The molecule has 1 aliphatic rings. The van der Waals surface area contributed by atoms with E-state index in [4.69, 9.17) is 0 Å². The van der Waals surface area contributed by atoms with Crippen molar-refractivity contribution in [2.75, 3.05) is 16.8 Å². The Hall–Kier alpha value is -2.95. The normalized spacial score (nSPS) is 14.4. The molecule has 1 aliphatic heterocycles. The molecule has 2 aromatic carbocycles. The average Bonchev–Trinajstić information content (AvgIpc) is 3.01. The molecule has 0 atom stereocenters. The van der Waals surface area contributed by atoms with Crippen molar-refractivity contribution in [1.29, 1.82) is 0 Å². The van der Waals surface area contributed by atoms with Gasteiger partial charge in [-0.2, -0.15) is 0 Å². The van der Waals surface area contributed by atoms with Gasteiger partial charge in [0.15, 0.2) is 0 Å². The Morgan fingerprint density at radius 2 is 1.79 bits per heavy atom. The molecular formula is C19H17FN2O2. The molecule has 1 saturated heterocycles. The second kappa shape index (κ2) is 7.08. The van der Waals surface area contributed by atoms with Gasteiger partial charge in [0.05, 0.1) is 0 Å². The molecule has 0 aliphatic carbocycles. The highest BCUT2D eigenvalue weighted by molar-refractivity contribution is 6.02. The number of carbonyl (C=O) groups excluding carboxylic acids is 2. The molecule has 0 aromatic heterocycles. The Bertz CT molecular complexity index is 767. The zero-order chi connectivity index (χ0) is 16.9. The van der Waals surface area contributed by atoms with E-state index in [0.717, 1.165) is 24.2 Å². The van der Waals surface area contributed by atoms with Crippen LogP contribution in [-0.2, 0) is 9.59 Å². The van der Waals surface area contributed by atoms with Crippen LogP contribution in [0.4, 0.5) is 15.8 Å². The second-order valence-electron chi connectivity index (χ2n) is 5.57. The van der Waals surface area contributed by atoms with Crippen molar-refractivity contribution in [1.82, 2.24) is 0 Å². The second-order valence-corrected chi connectivity index (χ2v) is 5.57. The van der Waals surface area contributed by atoms with Gasteiger partial charge in [-0.25, -0.2) is 4.39 Å². The Morgan fingerprint density at radius 3 is 2.42 bits per heavy atom. The third-order valence-corrected chi connectivity index (χ3v) is 3.82. The van der Waals surface area contributed by atoms with Crippen molar-refractivity contribution >= 4 is 29.3 Å².